The van der Waals surface area contributed by atoms with Gasteiger partial charge >= 0.3 is 7.12 Å². The van der Waals surface area contributed by atoms with Gasteiger partial charge in [-0.2, -0.15) is 0 Å². The van der Waals surface area contributed by atoms with E-state index in [4.69, 9.17) is 9.31 Å². The molecule has 2 nitrogen and oxygen atoms in total. The average molecular weight is 172 g/mol. The first-order chi connectivity index (χ1) is 5.56. The standard InChI is InChI=1S/C9H21BO2/c1-8(2)6-10(11-5)12-7-9(3)4/h8-9H,6-7H2,1-5H3. The zero-order valence-corrected chi connectivity index (χ0v) is 8.96. The van der Waals surface area contributed by atoms with Crippen LogP contribution in [0, 0.1) is 11.8 Å². The Morgan fingerprint density at radius 1 is 1.08 bits per heavy atom. The normalized spacial score (nSPS) is 11.2. The van der Waals surface area contributed by atoms with Gasteiger partial charge in [-0.3, -0.25) is 0 Å². The highest BCUT2D eigenvalue weighted by atomic mass is 16.6. The van der Waals surface area contributed by atoms with Crippen molar-refractivity contribution in [1.29, 1.82) is 0 Å². The summed E-state index contributed by atoms with van der Waals surface area (Å²) in [5.74, 6) is 1.21. The van der Waals surface area contributed by atoms with E-state index in [-0.39, 0.29) is 7.12 Å². The molecule has 0 saturated carbocycles. The smallest absolute Gasteiger partial charge is 0.414 e. The van der Waals surface area contributed by atoms with E-state index in [0.717, 1.165) is 12.9 Å². The molecule has 0 saturated heterocycles. The third kappa shape index (κ3) is 6.68. The van der Waals surface area contributed by atoms with Crippen LogP contribution in [0.2, 0.25) is 6.32 Å². The summed E-state index contributed by atoms with van der Waals surface area (Å²) in [4.78, 5) is 0. The molecule has 0 amide bonds. The Bertz CT molecular complexity index is 105. The largest absolute Gasteiger partial charge is 0.456 e. The fourth-order valence-electron chi connectivity index (χ4n) is 0.917. The number of rotatable bonds is 6. The minimum atomic E-state index is -0.0209. The van der Waals surface area contributed by atoms with Gasteiger partial charge in [0.2, 0.25) is 0 Å². The van der Waals surface area contributed by atoms with Crippen molar-refractivity contribution < 1.29 is 9.31 Å². The predicted octanol–water partition coefficient (Wildman–Crippen LogP) is 2.45. The van der Waals surface area contributed by atoms with Crippen LogP contribution in [0.1, 0.15) is 27.7 Å². The molecule has 0 bridgehead atoms. The van der Waals surface area contributed by atoms with Gasteiger partial charge in [0.25, 0.3) is 0 Å². The molecule has 72 valence electrons. The maximum Gasteiger partial charge on any atom is 0.456 e. The maximum absolute atomic E-state index is 5.54. The first kappa shape index (κ1) is 12.0. The van der Waals surface area contributed by atoms with E-state index < -0.39 is 0 Å². The second-order valence-electron chi connectivity index (χ2n) is 4.02. The van der Waals surface area contributed by atoms with Crippen LogP contribution in [0.3, 0.4) is 0 Å². The minimum absolute atomic E-state index is 0.0209. The van der Waals surface area contributed by atoms with E-state index in [1.165, 1.54) is 0 Å². The maximum atomic E-state index is 5.54. The minimum Gasteiger partial charge on any atom is -0.414 e. The van der Waals surface area contributed by atoms with Crippen molar-refractivity contribution in [2.24, 2.45) is 11.8 Å². The van der Waals surface area contributed by atoms with E-state index in [1.807, 2.05) is 0 Å². The summed E-state index contributed by atoms with van der Waals surface area (Å²) in [6.07, 6.45) is 0.975. The van der Waals surface area contributed by atoms with E-state index in [9.17, 15) is 0 Å². The molecule has 0 atom stereocenters. The quantitative estimate of drug-likeness (QED) is 0.573. The lowest BCUT2D eigenvalue weighted by atomic mass is 9.78. The van der Waals surface area contributed by atoms with Crippen molar-refractivity contribution in [2.75, 3.05) is 13.7 Å². The third-order valence-corrected chi connectivity index (χ3v) is 1.54. The number of hydrogen-bond donors (Lipinski definition) is 0. The van der Waals surface area contributed by atoms with E-state index in [0.29, 0.717) is 11.8 Å². The summed E-state index contributed by atoms with van der Waals surface area (Å²) in [7, 11) is 1.68. The highest BCUT2D eigenvalue weighted by Gasteiger charge is 2.18. The van der Waals surface area contributed by atoms with Crippen molar-refractivity contribution >= 4 is 7.12 Å². The van der Waals surface area contributed by atoms with Crippen LogP contribution in [0.4, 0.5) is 0 Å². The molecule has 0 fully saturated rings. The molecule has 0 aliphatic rings. The zero-order chi connectivity index (χ0) is 9.56. The van der Waals surface area contributed by atoms with Gasteiger partial charge in [0, 0.05) is 13.7 Å². The van der Waals surface area contributed by atoms with Crippen molar-refractivity contribution in [3.63, 3.8) is 0 Å². The lowest BCUT2D eigenvalue weighted by Crippen LogP contribution is -2.24. The summed E-state index contributed by atoms with van der Waals surface area (Å²) in [5.41, 5.74) is 0. The Kier molecular flexibility index (Phi) is 6.49. The average Bonchev–Trinajstić information content (AvgIpc) is 1.97. The van der Waals surface area contributed by atoms with Gasteiger partial charge in [-0.05, 0) is 18.2 Å². The van der Waals surface area contributed by atoms with Crippen LogP contribution in [-0.2, 0) is 9.31 Å². The molecular formula is C9H21BO2. The van der Waals surface area contributed by atoms with Gasteiger partial charge in [-0.1, -0.05) is 27.7 Å². The summed E-state index contributed by atoms with van der Waals surface area (Å²) < 4.78 is 10.7. The molecule has 0 N–H and O–H groups in total. The van der Waals surface area contributed by atoms with Gasteiger partial charge in [0.1, 0.15) is 0 Å². The Morgan fingerprint density at radius 3 is 2.00 bits per heavy atom. The van der Waals surface area contributed by atoms with Gasteiger partial charge in [0.15, 0.2) is 0 Å². The molecule has 0 heterocycles. The molecule has 0 aromatic heterocycles. The molecular weight excluding hydrogens is 151 g/mol. The van der Waals surface area contributed by atoms with Gasteiger partial charge in [-0.25, -0.2) is 0 Å². The van der Waals surface area contributed by atoms with Crippen molar-refractivity contribution in [1.82, 2.24) is 0 Å². The Labute approximate surface area is 76.8 Å². The van der Waals surface area contributed by atoms with Crippen LogP contribution in [0.5, 0.6) is 0 Å². The molecule has 0 spiro atoms. The molecule has 0 unspecified atom stereocenters. The van der Waals surface area contributed by atoms with Crippen LogP contribution in [0.15, 0.2) is 0 Å². The van der Waals surface area contributed by atoms with Crippen LogP contribution in [0.25, 0.3) is 0 Å². The Morgan fingerprint density at radius 2 is 1.67 bits per heavy atom. The van der Waals surface area contributed by atoms with Crippen LogP contribution >= 0.6 is 0 Å². The van der Waals surface area contributed by atoms with E-state index >= 15 is 0 Å². The van der Waals surface area contributed by atoms with Crippen molar-refractivity contribution in [3.05, 3.63) is 0 Å². The molecule has 0 aliphatic heterocycles. The summed E-state index contributed by atoms with van der Waals surface area (Å²) in [6, 6.07) is 0. The topological polar surface area (TPSA) is 18.5 Å². The molecule has 0 radical (unpaired) electrons. The molecule has 0 aromatic rings. The summed E-state index contributed by atoms with van der Waals surface area (Å²) in [5, 5.41) is 0. The van der Waals surface area contributed by atoms with Crippen molar-refractivity contribution in [3.8, 4) is 0 Å². The number of hydrogen-bond acceptors (Lipinski definition) is 2. The monoisotopic (exact) mass is 172 g/mol. The fourth-order valence-corrected chi connectivity index (χ4v) is 0.917. The lowest BCUT2D eigenvalue weighted by molar-refractivity contribution is 0.200. The molecule has 12 heavy (non-hydrogen) atoms. The highest BCUT2D eigenvalue weighted by Crippen LogP contribution is 2.08. The first-order valence-corrected chi connectivity index (χ1v) is 4.70. The van der Waals surface area contributed by atoms with Crippen LogP contribution in [-0.4, -0.2) is 20.8 Å². The van der Waals surface area contributed by atoms with Crippen molar-refractivity contribution in [2.45, 2.75) is 34.0 Å². The summed E-state index contributed by atoms with van der Waals surface area (Å²) in [6.45, 7) is 9.41. The fraction of sp³-hybridized carbons (Fsp3) is 1.00. The third-order valence-electron chi connectivity index (χ3n) is 1.54. The summed E-state index contributed by atoms with van der Waals surface area (Å²) >= 11 is 0. The molecule has 0 aliphatic carbocycles. The molecule has 3 heteroatoms. The second kappa shape index (κ2) is 6.50. The Balaban J connectivity index is 3.53. The van der Waals surface area contributed by atoms with E-state index in [2.05, 4.69) is 27.7 Å². The molecule has 0 rings (SSSR count). The van der Waals surface area contributed by atoms with Gasteiger partial charge in [-0.15, -0.1) is 0 Å². The molecule has 0 aromatic carbocycles. The predicted molar refractivity (Wildman–Crippen MR) is 53.2 cm³/mol. The van der Waals surface area contributed by atoms with Crippen LogP contribution < -0.4 is 0 Å². The Hall–Kier alpha value is -0.0151. The first-order valence-electron chi connectivity index (χ1n) is 4.70. The lowest BCUT2D eigenvalue weighted by Gasteiger charge is -2.15. The van der Waals surface area contributed by atoms with E-state index in [1.54, 1.807) is 7.11 Å². The van der Waals surface area contributed by atoms with Gasteiger partial charge < -0.3 is 9.31 Å². The van der Waals surface area contributed by atoms with Gasteiger partial charge in [0.05, 0.1) is 0 Å². The second-order valence-corrected chi connectivity index (χ2v) is 4.02. The zero-order valence-electron chi connectivity index (χ0n) is 8.96. The highest BCUT2D eigenvalue weighted by molar-refractivity contribution is 6.44. The SMILES string of the molecule is COB(CC(C)C)OCC(C)C.